The highest BCUT2D eigenvalue weighted by atomic mass is 79.9. The first kappa shape index (κ1) is 21.0. The smallest absolute Gasteiger partial charge is 0.339 e. The maximum atomic E-state index is 14.3. The first-order valence-corrected chi connectivity index (χ1v) is 9.91. The average Bonchev–Trinajstić information content (AvgIpc) is 2.72. The number of piperazine rings is 1. The van der Waals surface area contributed by atoms with E-state index in [1.54, 1.807) is 41.3 Å². The van der Waals surface area contributed by atoms with E-state index in [2.05, 4.69) is 15.9 Å². The Morgan fingerprint density at radius 2 is 1.76 bits per heavy atom. The molecule has 29 heavy (non-hydrogen) atoms. The van der Waals surface area contributed by atoms with Crippen LogP contribution in [0.2, 0.25) is 0 Å². The fourth-order valence-corrected chi connectivity index (χ4v) is 3.55. The monoisotopic (exact) mass is 462 g/mol. The third-order valence-corrected chi connectivity index (χ3v) is 5.44. The predicted octanol–water partition coefficient (Wildman–Crippen LogP) is 3.30. The van der Waals surface area contributed by atoms with Crippen LogP contribution in [0.4, 0.5) is 10.1 Å². The molecule has 3 rings (SSSR count). The molecule has 0 aromatic heterocycles. The summed E-state index contributed by atoms with van der Waals surface area (Å²) in [5.41, 5.74) is 1.09. The lowest BCUT2D eigenvalue weighted by molar-refractivity contribution is -0.134. The van der Waals surface area contributed by atoms with Crippen molar-refractivity contribution in [1.82, 2.24) is 4.90 Å². The van der Waals surface area contributed by atoms with Gasteiger partial charge < -0.3 is 14.5 Å². The van der Waals surface area contributed by atoms with Gasteiger partial charge in [-0.25, -0.2) is 9.18 Å². The third kappa shape index (κ3) is 5.00. The Labute approximate surface area is 176 Å². The minimum atomic E-state index is -0.572. The molecule has 0 N–H and O–H groups in total. The van der Waals surface area contributed by atoms with Crippen LogP contribution >= 0.6 is 15.9 Å². The topological polar surface area (TPSA) is 66.9 Å². The number of anilines is 1. The zero-order valence-electron chi connectivity index (χ0n) is 15.9. The molecule has 0 saturated carbocycles. The molecule has 0 aliphatic carbocycles. The molecule has 1 amide bonds. The summed E-state index contributed by atoms with van der Waals surface area (Å²) in [4.78, 5) is 39.2. The second-order valence-corrected chi connectivity index (χ2v) is 7.50. The molecule has 0 atom stereocenters. The van der Waals surface area contributed by atoms with Crippen LogP contribution in [-0.4, -0.2) is 55.3 Å². The Balaban J connectivity index is 1.53. The number of halogens is 2. The lowest BCUT2D eigenvalue weighted by atomic mass is 10.1. The minimum absolute atomic E-state index is 0.192. The van der Waals surface area contributed by atoms with Gasteiger partial charge in [-0.15, -0.1) is 0 Å². The van der Waals surface area contributed by atoms with Crippen molar-refractivity contribution in [2.24, 2.45) is 0 Å². The van der Waals surface area contributed by atoms with Gasteiger partial charge in [0.1, 0.15) is 5.82 Å². The summed E-state index contributed by atoms with van der Waals surface area (Å²) >= 11 is 3.28. The van der Waals surface area contributed by atoms with Gasteiger partial charge in [0.2, 0.25) is 0 Å². The SMILES string of the molecule is CC(=O)c1ccc(N2CCN(C(=O)COC(=O)c3ccccc3Br)CC2)c(F)c1. The largest absolute Gasteiger partial charge is 0.452 e. The number of carbonyl (C=O) groups is 3. The standard InChI is InChI=1S/C21H20BrFN2O4/c1-14(26)15-6-7-19(18(23)12-15)24-8-10-25(11-9-24)20(27)13-29-21(28)16-4-2-3-5-17(16)22/h2-7,12H,8-11,13H2,1H3. The lowest BCUT2D eigenvalue weighted by Gasteiger charge is -2.36. The summed E-state index contributed by atoms with van der Waals surface area (Å²) in [5.74, 6) is -1.52. The fraction of sp³-hybridized carbons (Fsp3) is 0.286. The molecule has 6 nitrogen and oxygen atoms in total. The van der Waals surface area contributed by atoms with E-state index in [0.29, 0.717) is 47.5 Å². The number of rotatable bonds is 5. The molecule has 0 spiro atoms. The molecule has 2 aromatic carbocycles. The van der Waals surface area contributed by atoms with Gasteiger partial charge in [-0.05, 0) is 53.2 Å². The fourth-order valence-electron chi connectivity index (χ4n) is 3.10. The molecule has 2 aromatic rings. The number of ether oxygens (including phenoxy) is 1. The quantitative estimate of drug-likeness (QED) is 0.503. The number of carbonyl (C=O) groups excluding carboxylic acids is 3. The average molecular weight is 463 g/mol. The lowest BCUT2D eigenvalue weighted by Crippen LogP contribution is -2.50. The Bertz CT molecular complexity index is 942. The molecule has 8 heteroatoms. The molecule has 1 aliphatic rings. The molecule has 1 aliphatic heterocycles. The van der Waals surface area contributed by atoms with Gasteiger partial charge in [0.25, 0.3) is 5.91 Å². The highest BCUT2D eigenvalue weighted by Crippen LogP contribution is 2.22. The summed E-state index contributed by atoms with van der Waals surface area (Å²) in [5, 5.41) is 0. The van der Waals surface area contributed by atoms with E-state index in [1.807, 2.05) is 4.90 Å². The van der Waals surface area contributed by atoms with Gasteiger partial charge in [-0.3, -0.25) is 9.59 Å². The van der Waals surface area contributed by atoms with E-state index in [4.69, 9.17) is 4.74 Å². The summed E-state index contributed by atoms with van der Waals surface area (Å²) < 4.78 is 20.0. The molecule has 0 radical (unpaired) electrons. The molecule has 1 fully saturated rings. The summed E-state index contributed by atoms with van der Waals surface area (Å²) in [7, 11) is 0. The number of nitrogens with zero attached hydrogens (tertiary/aromatic N) is 2. The highest BCUT2D eigenvalue weighted by molar-refractivity contribution is 9.10. The van der Waals surface area contributed by atoms with Crippen molar-refractivity contribution >= 4 is 39.3 Å². The molecular formula is C21H20BrFN2O4. The summed E-state index contributed by atoms with van der Waals surface area (Å²) in [6.45, 7) is 2.71. The van der Waals surface area contributed by atoms with Gasteiger partial charge >= 0.3 is 5.97 Å². The van der Waals surface area contributed by atoms with Crippen molar-refractivity contribution in [3.8, 4) is 0 Å². The molecule has 152 valence electrons. The van der Waals surface area contributed by atoms with Crippen molar-refractivity contribution in [3.05, 3.63) is 63.9 Å². The number of Topliss-reactive ketones (excluding diaryl/α,β-unsaturated/α-hetero) is 1. The van der Waals surface area contributed by atoms with Crippen LogP contribution in [0.15, 0.2) is 46.9 Å². The zero-order valence-corrected chi connectivity index (χ0v) is 17.4. The highest BCUT2D eigenvalue weighted by Gasteiger charge is 2.24. The number of esters is 1. The molecule has 1 heterocycles. The second kappa shape index (κ2) is 9.17. The van der Waals surface area contributed by atoms with Crippen LogP contribution in [0.5, 0.6) is 0 Å². The van der Waals surface area contributed by atoms with Crippen LogP contribution < -0.4 is 4.90 Å². The molecule has 0 unspecified atom stereocenters. The van der Waals surface area contributed by atoms with Crippen molar-refractivity contribution in [1.29, 1.82) is 0 Å². The van der Waals surface area contributed by atoms with Crippen molar-refractivity contribution in [2.45, 2.75) is 6.92 Å². The van der Waals surface area contributed by atoms with Gasteiger partial charge in [-0.1, -0.05) is 12.1 Å². The molecule has 0 bridgehead atoms. The van der Waals surface area contributed by atoms with Gasteiger partial charge in [-0.2, -0.15) is 0 Å². The van der Waals surface area contributed by atoms with E-state index in [0.717, 1.165) is 0 Å². The first-order chi connectivity index (χ1) is 13.9. The number of hydrogen-bond acceptors (Lipinski definition) is 5. The van der Waals surface area contributed by atoms with Crippen LogP contribution in [0.1, 0.15) is 27.6 Å². The van der Waals surface area contributed by atoms with Gasteiger partial charge in [0, 0.05) is 36.2 Å². The second-order valence-electron chi connectivity index (χ2n) is 6.65. The summed E-state index contributed by atoms with van der Waals surface area (Å²) in [6.07, 6.45) is 0. The van der Waals surface area contributed by atoms with E-state index in [-0.39, 0.29) is 18.3 Å². The minimum Gasteiger partial charge on any atom is -0.452 e. The van der Waals surface area contributed by atoms with Gasteiger partial charge in [0.05, 0.1) is 11.3 Å². The maximum Gasteiger partial charge on any atom is 0.339 e. The first-order valence-electron chi connectivity index (χ1n) is 9.11. The van der Waals surface area contributed by atoms with Crippen molar-refractivity contribution < 1.29 is 23.5 Å². The van der Waals surface area contributed by atoms with E-state index >= 15 is 0 Å². The Morgan fingerprint density at radius 3 is 2.38 bits per heavy atom. The van der Waals surface area contributed by atoms with Crippen molar-refractivity contribution in [2.75, 3.05) is 37.7 Å². The van der Waals surface area contributed by atoms with Crippen molar-refractivity contribution in [3.63, 3.8) is 0 Å². The van der Waals surface area contributed by atoms with Gasteiger partial charge in [0.15, 0.2) is 12.4 Å². The Morgan fingerprint density at radius 1 is 1.07 bits per heavy atom. The number of amides is 1. The summed E-state index contributed by atoms with van der Waals surface area (Å²) in [6, 6.07) is 11.2. The van der Waals surface area contributed by atoms with Crippen LogP contribution in [0, 0.1) is 5.82 Å². The Kier molecular flexibility index (Phi) is 6.64. The van der Waals surface area contributed by atoms with E-state index in [9.17, 15) is 18.8 Å². The third-order valence-electron chi connectivity index (χ3n) is 4.75. The zero-order chi connectivity index (χ0) is 21.0. The van der Waals surface area contributed by atoms with Crippen LogP contribution in [-0.2, 0) is 9.53 Å². The Hall–Kier alpha value is -2.74. The van der Waals surface area contributed by atoms with E-state index in [1.165, 1.54) is 13.0 Å². The normalized spacial score (nSPS) is 13.9. The number of hydrogen-bond donors (Lipinski definition) is 0. The maximum absolute atomic E-state index is 14.3. The number of ketones is 1. The van der Waals surface area contributed by atoms with E-state index < -0.39 is 11.8 Å². The molecular weight excluding hydrogens is 443 g/mol. The van der Waals surface area contributed by atoms with Crippen LogP contribution in [0.25, 0.3) is 0 Å². The number of benzene rings is 2. The van der Waals surface area contributed by atoms with Crippen LogP contribution in [0.3, 0.4) is 0 Å². The predicted molar refractivity (Wildman–Crippen MR) is 110 cm³/mol. The molecule has 1 saturated heterocycles.